The molecule has 0 saturated heterocycles. The number of carbonyl (C=O) groups is 3. The molecule has 0 fully saturated rings. The van der Waals surface area contributed by atoms with Crippen LogP contribution in [0.15, 0.2) is 29.2 Å². The van der Waals surface area contributed by atoms with Crippen molar-refractivity contribution in [3.63, 3.8) is 0 Å². The topological polar surface area (TPSA) is 109 Å². The van der Waals surface area contributed by atoms with Crippen LogP contribution in [0.4, 0.5) is 0 Å². The number of primary amides is 1. The highest BCUT2D eigenvalue weighted by atomic mass is 32.2. The first kappa shape index (κ1) is 16.0. The second-order valence-corrected chi connectivity index (χ2v) is 5.28. The molecule has 1 aromatic rings. The number of hydrogen-bond acceptors (Lipinski definition) is 4. The number of aliphatic carboxylic acids is 1. The number of thioether (sulfide) groups is 1. The summed E-state index contributed by atoms with van der Waals surface area (Å²) in [6, 6.07) is 6.33. The fraction of sp³-hybridized carbons (Fsp3) is 0.308. The molecule has 1 aromatic carbocycles. The number of nitrogens with one attached hydrogen (secondary N) is 1. The number of carbonyl (C=O) groups excluding carboxylic acids is 2. The van der Waals surface area contributed by atoms with Crippen LogP contribution in [0.5, 0.6) is 0 Å². The van der Waals surface area contributed by atoms with E-state index in [4.69, 9.17) is 10.8 Å². The molecule has 0 heterocycles. The summed E-state index contributed by atoms with van der Waals surface area (Å²) in [5.41, 5.74) is 6.04. The van der Waals surface area contributed by atoms with Crippen molar-refractivity contribution in [3.8, 4) is 0 Å². The van der Waals surface area contributed by atoms with Crippen molar-refractivity contribution in [2.75, 3.05) is 5.75 Å². The molecule has 0 spiro atoms. The Morgan fingerprint density at radius 1 is 1.30 bits per heavy atom. The van der Waals surface area contributed by atoms with E-state index < -0.39 is 30.2 Å². The summed E-state index contributed by atoms with van der Waals surface area (Å²) in [5, 5.41) is 11.1. The highest BCUT2D eigenvalue weighted by molar-refractivity contribution is 8.00. The Morgan fingerprint density at radius 3 is 2.40 bits per heavy atom. The molecule has 0 aliphatic carbocycles. The smallest absolute Gasteiger partial charge is 0.326 e. The number of aryl methyl sites for hydroxylation is 1. The summed E-state index contributed by atoms with van der Waals surface area (Å²) in [5.74, 6) is -2.43. The van der Waals surface area contributed by atoms with Crippen LogP contribution in [0, 0.1) is 6.92 Å². The number of hydrogen-bond donors (Lipinski definition) is 3. The SMILES string of the molecule is Cc1ccc(SCC(=O)NC(CC(N)=O)C(=O)O)cc1. The molecule has 1 atom stereocenters. The summed E-state index contributed by atoms with van der Waals surface area (Å²) in [6.07, 6.45) is -0.420. The molecule has 6 nitrogen and oxygen atoms in total. The van der Waals surface area contributed by atoms with Crippen molar-refractivity contribution in [1.82, 2.24) is 5.32 Å². The maximum Gasteiger partial charge on any atom is 0.326 e. The Morgan fingerprint density at radius 2 is 1.90 bits per heavy atom. The molecule has 0 radical (unpaired) electrons. The minimum absolute atomic E-state index is 0.0750. The first-order valence-corrected chi connectivity index (χ1v) is 6.87. The molecule has 2 amide bonds. The van der Waals surface area contributed by atoms with Crippen LogP contribution < -0.4 is 11.1 Å². The highest BCUT2D eigenvalue weighted by Gasteiger charge is 2.21. The number of rotatable bonds is 7. The maximum atomic E-state index is 11.6. The average molecular weight is 296 g/mol. The molecule has 0 saturated carbocycles. The number of carboxylic acids is 1. The first-order valence-electron chi connectivity index (χ1n) is 5.88. The molecule has 1 rings (SSSR count). The summed E-state index contributed by atoms with van der Waals surface area (Å²) in [6.45, 7) is 1.96. The van der Waals surface area contributed by atoms with E-state index in [0.717, 1.165) is 10.5 Å². The summed E-state index contributed by atoms with van der Waals surface area (Å²) < 4.78 is 0. The lowest BCUT2D eigenvalue weighted by Crippen LogP contribution is -2.44. The number of benzene rings is 1. The van der Waals surface area contributed by atoms with E-state index in [9.17, 15) is 14.4 Å². The standard InChI is InChI=1S/C13H16N2O4S/c1-8-2-4-9(5-3-8)20-7-12(17)15-10(13(18)19)6-11(14)16/h2-5,10H,6-7H2,1H3,(H2,14,16)(H,15,17)(H,18,19). The fourth-order valence-electron chi connectivity index (χ4n) is 1.42. The van der Waals surface area contributed by atoms with Crippen LogP contribution in [0.3, 0.4) is 0 Å². The van der Waals surface area contributed by atoms with Gasteiger partial charge in [-0.05, 0) is 19.1 Å². The minimum Gasteiger partial charge on any atom is -0.480 e. The number of nitrogens with two attached hydrogens (primary N) is 1. The van der Waals surface area contributed by atoms with E-state index in [0.29, 0.717) is 0 Å². The van der Waals surface area contributed by atoms with Gasteiger partial charge in [0.1, 0.15) is 6.04 Å². The Balaban J connectivity index is 2.47. The molecule has 0 bridgehead atoms. The van der Waals surface area contributed by atoms with E-state index in [2.05, 4.69) is 5.32 Å². The van der Waals surface area contributed by atoms with Crippen LogP contribution in [0.1, 0.15) is 12.0 Å². The predicted octanol–water partition coefficient (Wildman–Crippen LogP) is 0.532. The summed E-state index contributed by atoms with van der Waals surface area (Å²) in [4.78, 5) is 34.1. The van der Waals surface area contributed by atoms with Crippen LogP contribution in [-0.4, -0.2) is 34.7 Å². The van der Waals surface area contributed by atoms with Crippen LogP contribution in [-0.2, 0) is 14.4 Å². The van der Waals surface area contributed by atoms with Gasteiger partial charge in [-0.2, -0.15) is 0 Å². The van der Waals surface area contributed by atoms with Gasteiger partial charge >= 0.3 is 5.97 Å². The molecule has 20 heavy (non-hydrogen) atoms. The van der Waals surface area contributed by atoms with E-state index in [1.165, 1.54) is 11.8 Å². The van der Waals surface area contributed by atoms with E-state index in [-0.39, 0.29) is 5.75 Å². The highest BCUT2D eigenvalue weighted by Crippen LogP contribution is 2.17. The minimum atomic E-state index is -1.28. The van der Waals surface area contributed by atoms with Crippen molar-refractivity contribution in [1.29, 1.82) is 0 Å². The largest absolute Gasteiger partial charge is 0.480 e. The molecular formula is C13H16N2O4S. The molecule has 4 N–H and O–H groups in total. The monoisotopic (exact) mass is 296 g/mol. The van der Waals surface area contributed by atoms with Gasteiger partial charge in [-0.1, -0.05) is 17.7 Å². The van der Waals surface area contributed by atoms with Gasteiger partial charge in [0.25, 0.3) is 0 Å². The van der Waals surface area contributed by atoms with Gasteiger partial charge in [0.2, 0.25) is 11.8 Å². The Hall–Kier alpha value is -2.02. The molecular weight excluding hydrogens is 280 g/mol. The maximum absolute atomic E-state index is 11.6. The molecule has 1 unspecified atom stereocenters. The van der Waals surface area contributed by atoms with E-state index >= 15 is 0 Å². The van der Waals surface area contributed by atoms with Crippen LogP contribution in [0.25, 0.3) is 0 Å². The zero-order valence-corrected chi connectivity index (χ0v) is 11.8. The molecule has 7 heteroatoms. The second kappa shape index (κ2) is 7.54. The van der Waals surface area contributed by atoms with Crippen molar-refractivity contribution >= 4 is 29.5 Å². The molecule has 0 aliphatic rings. The lowest BCUT2D eigenvalue weighted by molar-refractivity contribution is -0.143. The van der Waals surface area contributed by atoms with Crippen LogP contribution in [0.2, 0.25) is 0 Å². The predicted molar refractivity (Wildman–Crippen MR) is 75.3 cm³/mol. The Kier molecular flexibility index (Phi) is 6.05. The van der Waals surface area contributed by atoms with Gasteiger partial charge in [-0.15, -0.1) is 11.8 Å². The van der Waals surface area contributed by atoms with Crippen molar-refractivity contribution in [2.45, 2.75) is 24.3 Å². The molecule has 0 aromatic heterocycles. The Bertz CT molecular complexity index is 502. The number of carboxylic acid groups (broad SMARTS) is 1. The van der Waals surface area contributed by atoms with Crippen molar-refractivity contribution in [2.24, 2.45) is 5.73 Å². The third-order valence-corrected chi connectivity index (χ3v) is 3.44. The van der Waals surface area contributed by atoms with Gasteiger partial charge < -0.3 is 16.2 Å². The van der Waals surface area contributed by atoms with Gasteiger partial charge in [-0.3, -0.25) is 9.59 Å². The lowest BCUT2D eigenvalue weighted by Gasteiger charge is -2.12. The van der Waals surface area contributed by atoms with Crippen molar-refractivity contribution < 1.29 is 19.5 Å². The number of amides is 2. The third kappa shape index (κ3) is 5.75. The Labute approximate surface area is 120 Å². The average Bonchev–Trinajstić information content (AvgIpc) is 2.36. The van der Waals surface area contributed by atoms with E-state index in [1.54, 1.807) is 0 Å². The van der Waals surface area contributed by atoms with Gasteiger partial charge in [-0.25, -0.2) is 4.79 Å². The van der Waals surface area contributed by atoms with Crippen molar-refractivity contribution in [3.05, 3.63) is 29.8 Å². The molecule has 108 valence electrons. The van der Waals surface area contributed by atoms with Gasteiger partial charge in [0, 0.05) is 4.90 Å². The quantitative estimate of drug-likeness (QED) is 0.636. The molecule has 0 aliphatic heterocycles. The normalized spacial score (nSPS) is 11.7. The zero-order chi connectivity index (χ0) is 15.1. The third-order valence-electron chi connectivity index (χ3n) is 2.43. The summed E-state index contributed by atoms with van der Waals surface area (Å²) >= 11 is 1.29. The second-order valence-electron chi connectivity index (χ2n) is 4.23. The fourth-order valence-corrected chi connectivity index (χ4v) is 2.13. The van der Waals surface area contributed by atoms with Gasteiger partial charge in [0.15, 0.2) is 0 Å². The zero-order valence-electron chi connectivity index (χ0n) is 11.0. The first-order chi connectivity index (χ1) is 9.38. The lowest BCUT2D eigenvalue weighted by atomic mass is 10.2. The summed E-state index contributed by atoms with van der Waals surface area (Å²) in [7, 11) is 0. The van der Waals surface area contributed by atoms with Crippen LogP contribution >= 0.6 is 11.8 Å². The van der Waals surface area contributed by atoms with Gasteiger partial charge in [0.05, 0.1) is 12.2 Å². The van der Waals surface area contributed by atoms with E-state index in [1.807, 2.05) is 31.2 Å².